The predicted molar refractivity (Wildman–Crippen MR) is 121 cm³/mol. The Bertz CT molecular complexity index is 891. The summed E-state index contributed by atoms with van der Waals surface area (Å²) in [5, 5.41) is 14.9. The third kappa shape index (κ3) is 5.58. The number of hydrogen-bond acceptors (Lipinski definition) is 6. The fourth-order valence-corrected chi connectivity index (χ4v) is 4.01. The lowest BCUT2D eigenvalue weighted by Crippen LogP contribution is -2.51. The van der Waals surface area contributed by atoms with E-state index in [0.29, 0.717) is 18.8 Å². The van der Waals surface area contributed by atoms with E-state index in [2.05, 4.69) is 25.7 Å². The van der Waals surface area contributed by atoms with Crippen LogP contribution >= 0.6 is 0 Å². The number of nitrogens with zero attached hydrogens (tertiary/aromatic N) is 4. The van der Waals surface area contributed by atoms with Crippen LogP contribution in [0.5, 0.6) is 0 Å². The molecular weight excluding hydrogens is 392 g/mol. The molecule has 0 bridgehead atoms. The van der Waals surface area contributed by atoms with Crippen LogP contribution in [0.4, 0.5) is 11.5 Å². The first-order chi connectivity index (χ1) is 15.1. The smallest absolute Gasteiger partial charge is 0.244 e. The van der Waals surface area contributed by atoms with Gasteiger partial charge in [0, 0.05) is 36.8 Å². The molecule has 2 fully saturated rings. The summed E-state index contributed by atoms with van der Waals surface area (Å²) in [6.07, 6.45) is 5.40. The lowest BCUT2D eigenvalue weighted by Gasteiger charge is -2.30. The van der Waals surface area contributed by atoms with Crippen LogP contribution in [0.1, 0.15) is 39.0 Å². The minimum Gasteiger partial charge on any atom is -0.355 e. The normalized spacial score (nSPS) is 19.8. The number of benzene rings is 1. The summed E-state index contributed by atoms with van der Waals surface area (Å²) in [5.41, 5.74) is 2.43. The summed E-state index contributed by atoms with van der Waals surface area (Å²) >= 11 is 0. The van der Waals surface area contributed by atoms with Gasteiger partial charge in [0.2, 0.25) is 11.8 Å². The van der Waals surface area contributed by atoms with Crippen LogP contribution in [0.3, 0.4) is 0 Å². The van der Waals surface area contributed by atoms with E-state index in [9.17, 15) is 9.59 Å². The van der Waals surface area contributed by atoms with Crippen molar-refractivity contribution in [3.8, 4) is 11.3 Å². The van der Waals surface area contributed by atoms with E-state index in [1.54, 1.807) is 0 Å². The van der Waals surface area contributed by atoms with Crippen molar-refractivity contribution in [3.63, 3.8) is 0 Å². The van der Waals surface area contributed by atoms with Crippen molar-refractivity contribution >= 4 is 23.3 Å². The fraction of sp³-hybridized carbons (Fsp3) is 0.478. The van der Waals surface area contributed by atoms with Crippen LogP contribution in [-0.4, -0.2) is 59.3 Å². The summed E-state index contributed by atoms with van der Waals surface area (Å²) in [6, 6.07) is 11.7. The molecule has 2 aromatic rings. The van der Waals surface area contributed by atoms with Crippen molar-refractivity contribution in [2.24, 2.45) is 0 Å². The highest BCUT2D eigenvalue weighted by molar-refractivity contribution is 5.94. The van der Waals surface area contributed by atoms with Gasteiger partial charge in [0.25, 0.3) is 0 Å². The van der Waals surface area contributed by atoms with Crippen molar-refractivity contribution in [2.45, 2.75) is 45.1 Å². The van der Waals surface area contributed by atoms with Crippen LogP contribution in [0.2, 0.25) is 0 Å². The summed E-state index contributed by atoms with van der Waals surface area (Å²) in [7, 11) is 0. The molecule has 8 nitrogen and oxygen atoms in total. The summed E-state index contributed by atoms with van der Waals surface area (Å²) in [4.78, 5) is 28.2. The topological polar surface area (TPSA) is 90.5 Å². The van der Waals surface area contributed by atoms with Gasteiger partial charge in [-0.25, -0.2) is 0 Å². The van der Waals surface area contributed by atoms with Crippen molar-refractivity contribution in [2.75, 3.05) is 36.5 Å². The zero-order chi connectivity index (χ0) is 21.6. The first-order valence-electron chi connectivity index (χ1n) is 11.1. The first kappa shape index (κ1) is 21.2. The molecule has 1 unspecified atom stereocenters. The average molecular weight is 423 g/mol. The van der Waals surface area contributed by atoms with Gasteiger partial charge in [0.05, 0.1) is 12.4 Å². The van der Waals surface area contributed by atoms with Gasteiger partial charge < -0.3 is 15.1 Å². The SMILES string of the molecule is CC1CC(=O)N(CC(=O)Nc2ccc(-c3ccc(N4CCCCCC4)nn3)cc2)CN1. The van der Waals surface area contributed by atoms with Gasteiger partial charge >= 0.3 is 0 Å². The molecule has 31 heavy (non-hydrogen) atoms. The molecule has 2 N–H and O–H groups in total. The molecule has 3 heterocycles. The summed E-state index contributed by atoms with van der Waals surface area (Å²) < 4.78 is 0. The van der Waals surface area contributed by atoms with Crippen molar-refractivity contribution in [1.29, 1.82) is 0 Å². The van der Waals surface area contributed by atoms with E-state index >= 15 is 0 Å². The maximum Gasteiger partial charge on any atom is 0.244 e. The van der Waals surface area contributed by atoms with E-state index < -0.39 is 0 Å². The second kappa shape index (κ2) is 9.87. The fourth-order valence-electron chi connectivity index (χ4n) is 4.01. The van der Waals surface area contributed by atoms with Gasteiger partial charge in [-0.2, -0.15) is 0 Å². The molecule has 0 saturated carbocycles. The van der Waals surface area contributed by atoms with Gasteiger partial charge in [0.15, 0.2) is 5.82 Å². The average Bonchev–Trinajstić information content (AvgIpc) is 3.06. The molecule has 2 aliphatic heterocycles. The molecule has 2 aliphatic rings. The minimum absolute atomic E-state index is 0.000977. The molecule has 4 rings (SSSR count). The summed E-state index contributed by atoms with van der Waals surface area (Å²) in [5.74, 6) is 0.726. The van der Waals surface area contributed by atoms with Gasteiger partial charge in [-0.1, -0.05) is 25.0 Å². The number of rotatable bonds is 5. The molecule has 8 heteroatoms. The molecule has 2 saturated heterocycles. The standard InChI is InChI=1S/C23H30N6O2/c1-17-14-23(31)29(16-24-17)15-22(30)25-19-8-6-18(7-9-19)20-10-11-21(27-26-20)28-12-4-2-3-5-13-28/h6-11,17,24H,2-5,12-16H2,1H3,(H,25,30). The Hall–Kier alpha value is -3.00. The second-order valence-electron chi connectivity index (χ2n) is 8.36. The number of hydrogen-bond donors (Lipinski definition) is 2. The van der Waals surface area contributed by atoms with E-state index in [-0.39, 0.29) is 24.4 Å². The Morgan fingerprint density at radius 1 is 1.06 bits per heavy atom. The second-order valence-corrected chi connectivity index (χ2v) is 8.36. The number of nitrogens with one attached hydrogen (secondary N) is 2. The monoisotopic (exact) mass is 422 g/mol. The van der Waals surface area contributed by atoms with Crippen LogP contribution in [0.15, 0.2) is 36.4 Å². The zero-order valence-electron chi connectivity index (χ0n) is 18.0. The van der Waals surface area contributed by atoms with Crippen LogP contribution in [-0.2, 0) is 9.59 Å². The zero-order valence-corrected chi connectivity index (χ0v) is 18.0. The Morgan fingerprint density at radius 3 is 2.45 bits per heavy atom. The van der Waals surface area contributed by atoms with E-state index in [4.69, 9.17) is 0 Å². The van der Waals surface area contributed by atoms with Crippen molar-refractivity contribution in [1.82, 2.24) is 20.4 Å². The Kier molecular flexibility index (Phi) is 6.76. The molecule has 0 spiro atoms. The maximum absolute atomic E-state index is 12.3. The molecule has 1 atom stereocenters. The van der Waals surface area contributed by atoms with Gasteiger partial charge in [-0.05, 0) is 44.0 Å². The molecule has 2 amide bonds. The van der Waals surface area contributed by atoms with Crippen molar-refractivity contribution in [3.05, 3.63) is 36.4 Å². The lowest BCUT2D eigenvalue weighted by atomic mass is 10.1. The highest BCUT2D eigenvalue weighted by Crippen LogP contribution is 2.22. The van der Waals surface area contributed by atoms with Gasteiger partial charge in [-0.15, -0.1) is 10.2 Å². The molecular formula is C23H30N6O2. The number of amides is 2. The highest BCUT2D eigenvalue weighted by Gasteiger charge is 2.24. The first-order valence-corrected chi connectivity index (χ1v) is 11.1. The number of carbonyl (C=O) groups excluding carboxylic acids is 2. The number of aromatic nitrogens is 2. The van der Waals surface area contributed by atoms with E-state index in [0.717, 1.165) is 30.2 Å². The van der Waals surface area contributed by atoms with Crippen LogP contribution in [0.25, 0.3) is 11.3 Å². The van der Waals surface area contributed by atoms with Gasteiger partial charge in [-0.3, -0.25) is 14.9 Å². The highest BCUT2D eigenvalue weighted by atomic mass is 16.2. The Labute approximate surface area is 183 Å². The number of anilines is 2. The minimum atomic E-state index is -0.209. The van der Waals surface area contributed by atoms with Crippen LogP contribution in [0, 0.1) is 0 Å². The lowest BCUT2D eigenvalue weighted by molar-refractivity contribution is -0.137. The third-order valence-electron chi connectivity index (χ3n) is 5.84. The molecule has 1 aromatic carbocycles. The Morgan fingerprint density at radius 2 is 1.81 bits per heavy atom. The van der Waals surface area contributed by atoms with E-state index in [1.807, 2.05) is 43.3 Å². The van der Waals surface area contributed by atoms with Crippen LogP contribution < -0.4 is 15.5 Å². The Balaban J connectivity index is 1.33. The molecule has 164 valence electrons. The van der Waals surface area contributed by atoms with Gasteiger partial charge in [0.1, 0.15) is 6.54 Å². The quantitative estimate of drug-likeness (QED) is 0.770. The summed E-state index contributed by atoms with van der Waals surface area (Å²) in [6.45, 7) is 4.49. The molecule has 1 aromatic heterocycles. The maximum atomic E-state index is 12.3. The van der Waals surface area contributed by atoms with E-state index in [1.165, 1.54) is 30.6 Å². The van der Waals surface area contributed by atoms with Crippen molar-refractivity contribution < 1.29 is 9.59 Å². The molecule has 0 aliphatic carbocycles. The number of carbonyl (C=O) groups is 2. The molecule has 0 radical (unpaired) electrons. The predicted octanol–water partition coefficient (Wildman–Crippen LogP) is 2.63. The third-order valence-corrected chi connectivity index (χ3v) is 5.84. The largest absolute Gasteiger partial charge is 0.355 e.